The first-order valence-corrected chi connectivity index (χ1v) is 2.91. The van der Waals surface area contributed by atoms with E-state index >= 15 is 0 Å². The van der Waals surface area contributed by atoms with Gasteiger partial charge in [0.15, 0.2) is 6.29 Å². The molecule has 0 bridgehead atoms. The highest BCUT2D eigenvalue weighted by molar-refractivity contribution is 6.32. The van der Waals surface area contributed by atoms with Crippen LogP contribution >= 0.6 is 11.6 Å². The summed E-state index contributed by atoms with van der Waals surface area (Å²) in [6.07, 6.45) is 1.78. The number of rotatable bonds is 1. The van der Waals surface area contributed by atoms with E-state index in [1.165, 1.54) is 12.3 Å². The molecule has 0 spiro atoms. The summed E-state index contributed by atoms with van der Waals surface area (Å²) in [4.78, 5) is 13.6. The van der Waals surface area contributed by atoms with Crippen LogP contribution in [0.25, 0.3) is 0 Å². The fourth-order valence-corrected chi connectivity index (χ4v) is 0.681. The molecule has 0 fully saturated rings. The van der Waals surface area contributed by atoms with Gasteiger partial charge in [-0.25, -0.2) is 4.98 Å². The maximum absolute atomic E-state index is 10.2. The second kappa shape index (κ2) is 2.66. The number of pyridine rings is 1. The molecule has 0 unspecified atom stereocenters. The molecular formula is C6H4ClNO2. The molecule has 0 saturated heterocycles. The highest BCUT2D eigenvalue weighted by Gasteiger charge is 1.99. The van der Waals surface area contributed by atoms with Crippen molar-refractivity contribution in [2.45, 2.75) is 0 Å². The smallest absolute Gasteiger partial charge is 0.211 e. The van der Waals surface area contributed by atoms with Crippen LogP contribution < -0.4 is 0 Å². The Morgan fingerprint density at radius 1 is 1.70 bits per heavy atom. The standard InChI is InChI=1S/C6H4ClNO2/c7-5-2-8-6(10)1-4(5)3-9/h1-3H,(H,8,10). The lowest BCUT2D eigenvalue weighted by Crippen LogP contribution is -1.82. The third-order valence-electron chi connectivity index (χ3n) is 0.998. The molecule has 1 rings (SSSR count). The maximum atomic E-state index is 10.2. The topological polar surface area (TPSA) is 50.2 Å². The second-order valence-electron chi connectivity index (χ2n) is 1.68. The number of carbonyl (C=O) groups excluding carboxylic acids is 1. The van der Waals surface area contributed by atoms with Crippen molar-refractivity contribution in [3.63, 3.8) is 0 Å². The number of aromatic nitrogens is 1. The molecule has 0 saturated carbocycles. The third-order valence-corrected chi connectivity index (χ3v) is 1.31. The zero-order valence-electron chi connectivity index (χ0n) is 4.91. The van der Waals surface area contributed by atoms with Crippen LogP contribution in [0.3, 0.4) is 0 Å². The van der Waals surface area contributed by atoms with Crippen molar-refractivity contribution >= 4 is 17.9 Å². The maximum Gasteiger partial charge on any atom is 0.211 e. The molecule has 0 aliphatic carbocycles. The van der Waals surface area contributed by atoms with Crippen molar-refractivity contribution in [3.05, 3.63) is 22.8 Å². The molecule has 1 heterocycles. The molecule has 52 valence electrons. The van der Waals surface area contributed by atoms with Crippen molar-refractivity contribution < 1.29 is 9.90 Å². The summed E-state index contributed by atoms with van der Waals surface area (Å²) in [6, 6.07) is 1.20. The number of hydrogen-bond donors (Lipinski definition) is 1. The van der Waals surface area contributed by atoms with Gasteiger partial charge in [-0.3, -0.25) is 4.79 Å². The number of halogens is 1. The SMILES string of the molecule is O=Cc1cc(O)ncc1Cl. The Labute approximate surface area is 62.3 Å². The molecule has 0 atom stereocenters. The Kier molecular flexibility index (Phi) is 1.87. The van der Waals surface area contributed by atoms with E-state index in [0.29, 0.717) is 6.29 Å². The molecule has 0 radical (unpaired) electrons. The van der Waals surface area contributed by atoms with Crippen molar-refractivity contribution in [1.82, 2.24) is 4.98 Å². The second-order valence-corrected chi connectivity index (χ2v) is 2.09. The molecular weight excluding hydrogens is 154 g/mol. The van der Waals surface area contributed by atoms with E-state index < -0.39 is 0 Å². The van der Waals surface area contributed by atoms with Gasteiger partial charge in [0.25, 0.3) is 0 Å². The third kappa shape index (κ3) is 1.25. The van der Waals surface area contributed by atoms with E-state index in [1.807, 2.05) is 0 Å². The summed E-state index contributed by atoms with van der Waals surface area (Å²) in [5.41, 5.74) is 0.245. The monoisotopic (exact) mass is 157 g/mol. The minimum absolute atomic E-state index is 0.202. The van der Waals surface area contributed by atoms with Crippen molar-refractivity contribution in [2.75, 3.05) is 0 Å². The van der Waals surface area contributed by atoms with E-state index in [1.54, 1.807) is 0 Å². The van der Waals surface area contributed by atoms with Crippen molar-refractivity contribution in [1.29, 1.82) is 0 Å². The largest absolute Gasteiger partial charge is 0.493 e. The van der Waals surface area contributed by atoms with E-state index in [-0.39, 0.29) is 16.5 Å². The Morgan fingerprint density at radius 2 is 2.40 bits per heavy atom. The van der Waals surface area contributed by atoms with Crippen molar-refractivity contribution in [2.24, 2.45) is 0 Å². The zero-order chi connectivity index (χ0) is 7.56. The number of aromatic hydroxyl groups is 1. The average molecular weight is 158 g/mol. The van der Waals surface area contributed by atoms with E-state index in [0.717, 1.165) is 0 Å². The van der Waals surface area contributed by atoms with E-state index in [2.05, 4.69) is 4.98 Å². The molecule has 0 aliphatic heterocycles. The summed E-state index contributed by atoms with van der Waals surface area (Å²) in [7, 11) is 0. The average Bonchev–Trinajstić information content (AvgIpc) is 1.94. The van der Waals surface area contributed by atoms with Crippen LogP contribution in [-0.2, 0) is 0 Å². The number of aldehydes is 1. The summed E-state index contributed by atoms with van der Waals surface area (Å²) < 4.78 is 0. The van der Waals surface area contributed by atoms with Crippen LogP contribution in [0.4, 0.5) is 0 Å². The fourth-order valence-electron chi connectivity index (χ4n) is 0.533. The molecule has 10 heavy (non-hydrogen) atoms. The van der Waals surface area contributed by atoms with Gasteiger partial charge in [-0.05, 0) is 0 Å². The van der Waals surface area contributed by atoms with Crippen LogP contribution in [0, 0.1) is 0 Å². The summed E-state index contributed by atoms with van der Waals surface area (Å²) in [5, 5.41) is 8.98. The Bertz CT molecular complexity index is 262. The molecule has 0 aromatic carbocycles. The summed E-state index contributed by atoms with van der Waals surface area (Å²) >= 11 is 5.49. The first-order chi connectivity index (χ1) is 4.74. The zero-order valence-corrected chi connectivity index (χ0v) is 5.67. The summed E-state index contributed by atoms with van der Waals surface area (Å²) in [5.74, 6) is -0.202. The molecule has 0 amide bonds. The fraction of sp³-hybridized carbons (Fsp3) is 0. The minimum Gasteiger partial charge on any atom is -0.493 e. The van der Waals surface area contributed by atoms with Gasteiger partial charge >= 0.3 is 0 Å². The van der Waals surface area contributed by atoms with Gasteiger partial charge in [-0.2, -0.15) is 0 Å². The van der Waals surface area contributed by atoms with Gasteiger partial charge in [0, 0.05) is 11.6 Å². The minimum atomic E-state index is -0.202. The van der Waals surface area contributed by atoms with Crippen LogP contribution in [0.2, 0.25) is 5.02 Å². The Balaban J connectivity index is 3.21. The molecule has 1 N–H and O–H groups in total. The van der Waals surface area contributed by atoms with Crippen LogP contribution in [0.5, 0.6) is 5.88 Å². The lowest BCUT2D eigenvalue weighted by atomic mass is 10.3. The highest BCUT2D eigenvalue weighted by Crippen LogP contribution is 2.15. The number of nitrogens with zero attached hydrogens (tertiary/aromatic N) is 1. The van der Waals surface area contributed by atoms with Gasteiger partial charge in [0.2, 0.25) is 5.88 Å². The highest BCUT2D eigenvalue weighted by atomic mass is 35.5. The number of carbonyl (C=O) groups is 1. The van der Waals surface area contributed by atoms with Crippen LogP contribution in [0.15, 0.2) is 12.3 Å². The Hall–Kier alpha value is -1.09. The van der Waals surface area contributed by atoms with Crippen LogP contribution in [-0.4, -0.2) is 16.4 Å². The molecule has 1 aromatic rings. The normalized spacial score (nSPS) is 9.30. The lowest BCUT2D eigenvalue weighted by Gasteiger charge is -1.93. The molecule has 3 nitrogen and oxygen atoms in total. The molecule has 0 aliphatic rings. The molecule has 1 aromatic heterocycles. The van der Waals surface area contributed by atoms with Crippen molar-refractivity contribution in [3.8, 4) is 5.88 Å². The first-order valence-electron chi connectivity index (χ1n) is 2.53. The Morgan fingerprint density at radius 3 is 2.90 bits per heavy atom. The van der Waals surface area contributed by atoms with Gasteiger partial charge < -0.3 is 5.11 Å². The van der Waals surface area contributed by atoms with Gasteiger partial charge in [-0.1, -0.05) is 11.6 Å². The van der Waals surface area contributed by atoms with Crippen LogP contribution in [0.1, 0.15) is 10.4 Å². The van der Waals surface area contributed by atoms with E-state index in [9.17, 15) is 4.79 Å². The van der Waals surface area contributed by atoms with Gasteiger partial charge in [-0.15, -0.1) is 0 Å². The summed E-state index contributed by atoms with van der Waals surface area (Å²) in [6.45, 7) is 0. The predicted octanol–water partition coefficient (Wildman–Crippen LogP) is 1.25. The van der Waals surface area contributed by atoms with Gasteiger partial charge in [0.05, 0.1) is 11.2 Å². The first kappa shape index (κ1) is 7.02. The molecule has 4 heteroatoms. The van der Waals surface area contributed by atoms with E-state index in [4.69, 9.17) is 16.7 Å². The number of hydrogen-bond acceptors (Lipinski definition) is 3. The van der Waals surface area contributed by atoms with Gasteiger partial charge in [0.1, 0.15) is 0 Å². The quantitative estimate of drug-likeness (QED) is 0.625. The lowest BCUT2D eigenvalue weighted by molar-refractivity contribution is 0.112. The predicted molar refractivity (Wildman–Crippen MR) is 36.3 cm³/mol.